The summed E-state index contributed by atoms with van der Waals surface area (Å²) in [7, 11) is 0. The molecule has 1 aliphatic carbocycles. The largest absolute Gasteiger partial charge is 0.388 e. The molecule has 3 heteroatoms. The van der Waals surface area contributed by atoms with Crippen LogP contribution < -0.4 is 0 Å². The Morgan fingerprint density at radius 2 is 1.89 bits per heavy atom. The third-order valence-corrected chi connectivity index (χ3v) is 4.77. The molecule has 0 saturated heterocycles. The van der Waals surface area contributed by atoms with Crippen molar-refractivity contribution in [1.29, 1.82) is 0 Å². The third kappa shape index (κ3) is 3.20. The average Bonchev–Trinajstić information content (AvgIpc) is 2.41. The summed E-state index contributed by atoms with van der Waals surface area (Å²) >= 11 is 12.1. The van der Waals surface area contributed by atoms with Crippen LogP contribution in [0.3, 0.4) is 0 Å². The van der Waals surface area contributed by atoms with Gasteiger partial charge in [0.1, 0.15) is 0 Å². The van der Waals surface area contributed by atoms with Crippen LogP contribution in [-0.2, 0) is 0 Å². The number of hydrogen-bond acceptors (Lipinski definition) is 1. The summed E-state index contributed by atoms with van der Waals surface area (Å²) in [6, 6.07) is 5.31. The van der Waals surface area contributed by atoms with Crippen LogP contribution >= 0.6 is 23.2 Å². The predicted octanol–water partition coefficient (Wildman–Crippen LogP) is 5.24. The molecule has 1 atom stereocenters. The van der Waals surface area contributed by atoms with E-state index in [1.807, 2.05) is 0 Å². The molecule has 0 spiro atoms. The fourth-order valence-corrected chi connectivity index (χ4v) is 3.32. The summed E-state index contributed by atoms with van der Waals surface area (Å²) in [5.41, 5.74) is 0.782. The van der Waals surface area contributed by atoms with E-state index in [-0.39, 0.29) is 0 Å². The van der Waals surface area contributed by atoms with Gasteiger partial charge in [-0.3, -0.25) is 0 Å². The fraction of sp³-hybridized carbons (Fsp3) is 0.600. The van der Waals surface area contributed by atoms with E-state index in [1.54, 1.807) is 18.2 Å². The molecule has 0 aromatic heterocycles. The lowest BCUT2D eigenvalue weighted by Gasteiger charge is -2.31. The first-order valence-corrected chi connectivity index (χ1v) is 7.50. The van der Waals surface area contributed by atoms with E-state index in [1.165, 1.54) is 19.3 Å². The maximum Gasteiger partial charge on any atom is 0.0833 e. The van der Waals surface area contributed by atoms with Gasteiger partial charge in [0.05, 0.1) is 6.10 Å². The van der Waals surface area contributed by atoms with Crippen molar-refractivity contribution in [2.75, 3.05) is 0 Å². The topological polar surface area (TPSA) is 20.2 Å². The van der Waals surface area contributed by atoms with Crippen molar-refractivity contribution in [2.45, 2.75) is 45.1 Å². The summed E-state index contributed by atoms with van der Waals surface area (Å²) in [5, 5.41) is 11.7. The van der Waals surface area contributed by atoms with Crippen LogP contribution in [0.2, 0.25) is 10.0 Å². The molecule has 0 heterocycles. The Morgan fingerprint density at radius 3 is 2.50 bits per heavy atom. The maximum absolute atomic E-state index is 10.5. The molecule has 1 aliphatic rings. The molecule has 0 aliphatic heterocycles. The van der Waals surface area contributed by atoms with Crippen LogP contribution in [0.4, 0.5) is 0 Å². The van der Waals surface area contributed by atoms with Crippen LogP contribution in [0.1, 0.15) is 50.7 Å². The molecular formula is C15H20Cl2O. The highest BCUT2D eigenvalue weighted by atomic mass is 35.5. The minimum absolute atomic E-state index is 0.323. The van der Waals surface area contributed by atoms with Crippen molar-refractivity contribution >= 4 is 23.2 Å². The molecule has 1 aromatic carbocycles. The standard InChI is InChI=1S/C15H20Cl2O/c1-2-10-3-5-11(6-4-10)15(18)13-9-12(16)7-8-14(13)17/h7-11,15,18H,2-6H2,1H3. The van der Waals surface area contributed by atoms with Crippen molar-refractivity contribution in [2.24, 2.45) is 11.8 Å². The van der Waals surface area contributed by atoms with Crippen molar-refractivity contribution in [1.82, 2.24) is 0 Å². The fourth-order valence-electron chi connectivity index (χ4n) is 2.91. The summed E-state index contributed by atoms with van der Waals surface area (Å²) in [6.07, 6.45) is 5.38. The summed E-state index contributed by atoms with van der Waals surface area (Å²) < 4.78 is 0. The Balaban J connectivity index is 2.07. The van der Waals surface area contributed by atoms with E-state index in [9.17, 15) is 5.11 Å². The third-order valence-electron chi connectivity index (χ3n) is 4.19. The van der Waals surface area contributed by atoms with Crippen molar-refractivity contribution in [3.05, 3.63) is 33.8 Å². The number of aliphatic hydroxyl groups excluding tert-OH is 1. The van der Waals surface area contributed by atoms with Gasteiger partial charge in [0, 0.05) is 15.6 Å². The van der Waals surface area contributed by atoms with Gasteiger partial charge in [-0.1, -0.05) is 49.4 Å². The van der Waals surface area contributed by atoms with E-state index in [2.05, 4.69) is 6.92 Å². The van der Waals surface area contributed by atoms with Crippen LogP contribution in [0.15, 0.2) is 18.2 Å². The van der Waals surface area contributed by atoms with Gasteiger partial charge in [-0.15, -0.1) is 0 Å². The molecule has 1 aromatic rings. The summed E-state index contributed by atoms with van der Waals surface area (Å²) in [5.74, 6) is 1.16. The van der Waals surface area contributed by atoms with E-state index >= 15 is 0 Å². The van der Waals surface area contributed by atoms with Crippen molar-refractivity contribution < 1.29 is 5.11 Å². The quantitative estimate of drug-likeness (QED) is 0.805. The first-order valence-electron chi connectivity index (χ1n) is 6.74. The minimum Gasteiger partial charge on any atom is -0.388 e. The first-order chi connectivity index (χ1) is 8.61. The second-order valence-electron chi connectivity index (χ2n) is 5.30. The SMILES string of the molecule is CCC1CCC(C(O)c2cc(Cl)ccc2Cl)CC1. The van der Waals surface area contributed by atoms with Gasteiger partial charge in [-0.2, -0.15) is 0 Å². The Kier molecular flexibility index (Phi) is 4.94. The number of benzene rings is 1. The molecule has 18 heavy (non-hydrogen) atoms. The first kappa shape index (κ1) is 14.2. The highest BCUT2D eigenvalue weighted by Crippen LogP contribution is 2.40. The second kappa shape index (κ2) is 6.27. The number of aliphatic hydroxyl groups is 1. The summed E-state index contributed by atoms with van der Waals surface area (Å²) in [6.45, 7) is 2.25. The Bertz CT molecular complexity index is 397. The lowest BCUT2D eigenvalue weighted by atomic mass is 9.77. The molecule has 1 saturated carbocycles. The van der Waals surface area contributed by atoms with Gasteiger partial charge in [0.2, 0.25) is 0 Å². The molecule has 0 bridgehead atoms. The van der Waals surface area contributed by atoms with Gasteiger partial charge < -0.3 is 5.11 Å². The molecule has 100 valence electrons. The second-order valence-corrected chi connectivity index (χ2v) is 6.14. The monoisotopic (exact) mass is 286 g/mol. The zero-order chi connectivity index (χ0) is 13.1. The van der Waals surface area contributed by atoms with E-state index in [0.29, 0.717) is 16.0 Å². The van der Waals surface area contributed by atoms with Crippen LogP contribution in [0, 0.1) is 11.8 Å². The van der Waals surface area contributed by atoms with Crippen LogP contribution in [-0.4, -0.2) is 5.11 Å². The van der Waals surface area contributed by atoms with E-state index < -0.39 is 6.10 Å². The lowest BCUT2D eigenvalue weighted by Crippen LogP contribution is -2.20. The number of hydrogen-bond donors (Lipinski definition) is 1. The molecule has 0 radical (unpaired) electrons. The minimum atomic E-state index is -0.478. The highest BCUT2D eigenvalue weighted by Gasteiger charge is 2.27. The molecule has 1 nitrogen and oxygen atoms in total. The molecule has 1 N–H and O–H groups in total. The van der Waals surface area contributed by atoms with Gasteiger partial charge >= 0.3 is 0 Å². The molecular weight excluding hydrogens is 267 g/mol. The van der Waals surface area contributed by atoms with Gasteiger partial charge in [-0.25, -0.2) is 0 Å². The van der Waals surface area contributed by atoms with E-state index in [0.717, 1.165) is 24.3 Å². The average molecular weight is 287 g/mol. The smallest absolute Gasteiger partial charge is 0.0833 e. The zero-order valence-corrected chi connectivity index (χ0v) is 12.2. The van der Waals surface area contributed by atoms with Crippen LogP contribution in [0.25, 0.3) is 0 Å². The van der Waals surface area contributed by atoms with Gasteiger partial charge in [0.15, 0.2) is 0 Å². The van der Waals surface area contributed by atoms with E-state index in [4.69, 9.17) is 23.2 Å². The number of rotatable bonds is 3. The Morgan fingerprint density at radius 1 is 1.22 bits per heavy atom. The molecule has 1 unspecified atom stereocenters. The number of halogens is 2. The Hall–Kier alpha value is -0.240. The molecule has 1 fully saturated rings. The van der Waals surface area contributed by atoms with Crippen molar-refractivity contribution in [3.63, 3.8) is 0 Å². The van der Waals surface area contributed by atoms with Gasteiger partial charge in [-0.05, 0) is 42.9 Å². The molecule has 0 amide bonds. The van der Waals surface area contributed by atoms with Crippen molar-refractivity contribution in [3.8, 4) is 0 Å². The maximum atomic E-state index is 10.5. The summed E-state index contributed by atoms with van der Waals surface area (Å²) in [4.78, 5) is 0. The highest BCUT2D eigenvalue weighted by molar-refractivity contribution is 6.33. The van der Waals surface area contributed by atoms with Crippen LogP contribution in [0.5, 0.6) is 0 Å². The predicted molar refractivity (Wildman–Crippen MR) is 77.2 cm³/mol. The normalized spacial score (nSPS) is 26.0. The lowest BCUT2D eigenvalue weighted by molar-refractivity contribution is 0.0730. The van der Waals surface area contributed by atoms with Gasteiger partial charge in [0.25, 0.3) is 0 Å². The Labute approximate surface area is 119 Å². The molecule has 2 rings (SSSR count). The zero-order valence-electron chi connectivity index (χ0n) is 10.7.